The van der Waals surface area contributed by atoms with E-state index in [-0.39, 0.29) is 12.4 Å². The van der Waals surface area contributed by atoms with Crippen molar-refractivity contribution >= 4 is 29.1 Å². The van der Waals surface area contributed by atoms with E-state index in [2.05, 4.69) is 15.5 Å². The number of amides is 1. The second-order valence-corrected chi connectivity index (χ2v) is 5.95. The Morgan fingerprint density at radius 3 is 2.54 bits per heavy atom. The lowest BCUT2D eigenvalue weighted by atomic mass is 10.0. The molecule has 1 aromatic carbocycles. The van der Waals surface area contributed by atoms with Crippen LogP contribution in [0.25, 0.3) is 11.5 Å². The fourth-order valence-electron chi connectivity index (χ4n) is 1.96. The summed E-state index contributed by atoms with van der Waals surface area (Å²) in [6.45, 7) is -0.834. The van der Waals surface area contributed by atoms with Crippen LogP contribution in [0.1, 0.15) is 17.5 Å². The van der Waals surface area contributed by atoms with E-state index in [0.717, 1.165) is 0 Å². The highest BCUT2D eigenvalue weighted by Gasteiger charge is 2.25. The van der Waals surface area contributed by atoms with Crippen LogP contribution in [0.15, 0.2) is 28.8 Å². The van der Waals surface area contributed by atoms with Crippen LogP contribution < -0.4 is 11.1 Å². The molecule has 2 aromatic rings. The van der Waals surface area contributed by atoms with E-state index in [4.69, 9.17) is 33.5 Å². The van der Waals surface area contributed by atoms with Gasteiger partial charge >= 0.3 is 0 Å². The zero-order chi connectivity index (χ0) is 17.7. The SMILES string of the molecule is NCc1noc(-c2ccc([C@H](O)[C@@H](CF)NC(=O)C(Cl)Cl)cc2)n1. The number of nitrogens with two attached hydrogens (primary N) is 1. The molecule has 1 amide bonds. The topological polar surface area (TPSA) is 114 Å². The summed E-state index contributed by atoms with van der Waals surface area (Å²) in [4.78, 5) is 14.2. The molecule has 0 aliphatic heterocycles. The van der Waals surface area contributed by atoms with Crippen molar-refractivity contribution in [3.63, 3.8) is 0 Å². The fourth-order valence-corrected chi connectivity index (χ4v) is 2.08. The van der Waals surface area contributed by atoms with Crippen molar-refractivity contribution in [3.8, 4) is 11.5 Å². The van der Waals surface area contributed by atoms with Crippen molar-refractivity contribution in [3.05, 3.63) is 35.7 Å². The number of hydrogen-bond donors (Lipinski definition) is 3. The van der Waals surface area contributed by atoms with Crippen LogP contribution in [0.5, 0.6) is 0 Å². The number of carbonyl (C=O) groups excluding carboxylic acids is 1. The number of carbonyl (C=O) groups is 1. The maximum atomic E-state index is 13.1. The fraction of sp³-hybridized carbons (Fsp3) is 0.357. The van der Waals surface area contributed by atoms with E-state index in [0.29, 0.717) is 17.0 Å². The van der Waals surface area contributed by atoms with Gasteiger partial charge in [0.1, 0.15) is 12.8 Å². The normalized spacial score (nSPS) is 13.8. The van der Waals surface area contributed by atoms with Gasteiger partial charge in [-0.25, -0.2) is 4.39 Å². The Kier molecular flexibility index (Phi) is 6.50. The summed E-state index contributed by atoms with van der Waals surface area (Å²) < 4.78 is 18.1. The monoisotopic (exact) mass is 376 g/mol. The summed E-state index contributed by atoms with van der Waals surface area (Å²) >= 11 is 10.8. The summed E-state index contributed by atoms with van der Waals surface area (Å²) in [6, 6.07) is 5.18. The maximum absolute atomic E-state index is 13.1. The lowest BCUT2D eigenvalue weighted by Gasteiger charge is -2.22. The van der Waals surface area contributed by atoms with E-state index in [1.165, 1.54) is 0 Å². The Hall–Kier alpha value is -1.74. The first-order valence-corrected chi connectivity index (χ1v) is 7.79. The number of aliphatic hydroxyl groups is 1. The number of alkyl halides is 3. The van der Waals surface area contributed by atoms with Crippen LogP contribution in [0, 0.1) is 0 Å². The van der Waals surface area contributed by atoms with Crippen LogP contribution in [0.3, 0.4) is 0 Å². The number of rotatable bonds is 7. The van der Waals surface area contributed by atoms with Gasteiger partial charge in [0.25, 0.3) is 11.8 Å². The van der Waals surface area contributed by atoms with Gasteiger partial charge in [-0.05, 0) is 17.7 Å². The first-order chi connectivity index (χ1) is 11.5. The second kappa shape index (κ2) is 8.39. The van der Waals surface area contributed by atoms with Gasteiger partial charge in [-0.1, -0.05) is 40.5 Å². The van der Waals surface area contributed by atoms with Crippen molar-refractivity contribution in [2.45, 2.75) is 23.5 Å². The molecule has 0 radical (unpaired) electrons. The summed E-state index contributed by atoms with van der Waals surface area (Å²) in [5.41, 5.74) is 6.41. The number of aliphatic hydroxyl groups excluding tert-OH is 1. The second-order valence-electron chi connectivity index (χ2n) is 4.86. The maximum Gasteiger partial charge on any atom is 0.257 e. The summed E-state index contributed by atoms with van der Waals surface area (Å²) in [5, 5.41) is 16.1. The third kappa shape index (κ3) is 4.41. The number of aromatic nitrogens is 2. The van der Waals surface area contributed by atoms with E-state index in [1.54, 1.807) is 24.3 Å². The molecule has 0 bridgehead atoms. The van der Waals surface area contributed by atoms with Gasteiger partial charge in [0, 0.05) is 5.56 Å². The van der Waals surface area contributed by atoms with Gasteiger partial charge in [0.05, 0.1) is 12.6 Å². The van der Waals surface area contributed by atoms with Crippen molar-refractivity contribution < 1.29 is 18.8 Å². The molecular weight excluding hydrogens is 362 g/mol. The number of hydrogen-bond acceptors (Lipinski definition) is 6. The molecule has 0 saturated heterocycles. The highest BCUT2D eigenvalue weighted by atomic mass is 35.5. The van der Waals surface area contributed by atoms with Gasteiger partial charge in [-0.3, -0.25) is 4.79 Å². The Labute approximate surface area is 146 Å². The third-order valence-electron chi connectivity index (χ3n) is 3.22. The molecule has 1 aromatic heterocycles. The Balaban J connectivity index is 2.12. The van der Waals surface area contributed by atoms with Gasteiger partial charge < -0.3 is 20.7 Å². The molecule has 10 heteroatoms. The van der Waals surface area contributed by atoms with Crippen LogP contribution in [-0.2, 0) is 11.3 Å². The zero-order valence-corrected chi connectivity index (χ0v) is 13.8. The number of nitrogens with zero attached hydrogens (tertiary/aromatic N) is 2. The minimum atomic E-state index is -1.34. The molecule has 0 aliphatic rings. The lowest BCUT2D eigenvalue weighted by molar-refractivity contribution is -0.121. The number of halogens is 3. The van der Waals surface area contributed by atoms with Crippen LogP contribution in [-0.4, -0.2) is 38.7 Å². The molecule has 24 heavy (non-hydrogen) atoms. The molecule has 130 valence electrons. The molecule has 0 unspecified atom stereocenters. The van der Waals surface area contributed by atoms with Crippen molar-refractivity contribution in [2.75, 3.05) is 6.67 Å². The minimum Gasteiger partial charge on any atom is -0.386 e. The van der Waals surface area contributed by atoms with Crippen molar-refractivity contribution in [2.24, 2.45) is 5.73 Å². The Morgan fingerprint density at radius 1 is 1.38 bits per heavy atom. The van der Waals surface area contributed by atoms with E-state index < -0.39 is 29.6 Å². The van der Waals surface area contributed by atoms with Crippen molar-refractivity contribution in [1.82, 2.24) is 15.5 Å². The predicted molar refractivity (Wildman–Crippen MR) is 86.0 cm³/mol. The van der Waals surface area contributed by atoms with E-state index in [9.17, 15) is 14.3 Å². The van der Waals surface area contributed by atoms with Crippen LogP contribution >= 0.6 is 23.2 Å². The molecule has 4 N–H and O–H groups in total. The number of nitrogens with one attached hydrogen (secondary N) is 1. The largest absolute Gasteiger partial charge is 0.386 e. The quantitative estimate of drug-likeness (QED) is 0.630. The molecule has 2 rings (SSSR count). The highest BCUT2D eigenvalue weighted by Crippen LogP contribution is 2.23. The summed E-state index contributed by atoms with van der Waals surface area (Å²) in [7, 11) is 0. The molecule has 0 saturated carbocycles. The molecular formula is C14H15Cl2FN4O3. The predicted octanol–water partition coefficient (Wildman–Crippen LogP) is 1.49. The smallest absolute Gasteiger partial charge is 0.257 e. The Bertz CT molecular complexity index is 681. The molecule has 0 spiro atoms. The van der Waals surface area contributed by atoms with E-state index >= 15 is 0 Å². The van der Waals surface area contributed by atoms with Gasteiger partial charge in [0.15, 0.2) is 10.7 Å². The Morgan fingerprint density at radius 2 is 2.04 bits per heavy atom. The molecule has 2 atom stereocenters. The van der Waals surface area contributed by atoms with Gasteiger partial charge in [0.2, 0.25) is 0 Å². The molecule has 0 fully saturated rings. The van der Waals surface area contributed by atoms with Gasteiger partial charge in [-0.15, -0.1) is 0 Å². The standard InChI is InChI=1S/C14H15Cl2FN4O3/c15-12(16)13(23)19-9(5-17)11(22)7-1-3-8(4-2-7)14-20-10(6-18)21-24-14/h1-4,9,11-12,22H,5-6,18H2,(H,19,23)/t9-,11+/m1/s1. The molecule has 0 aliphatic carbocycles. The molecule has 7 nitrogen and oxygen atoms in total. The molecule has 1 heterocycles. The first-order valence-electron chi connectivity index (χ1n) is 6.91. The van der Waals surface area contributed by atoms with Crippen LogP contribution in [0.4, 0.5) is 4.39 Å². The van der Waals surface area contributed by atoms with E-state index in [1.807, 2.05) is 0 Å². The average Bonchev–Trinajstić information content (AvgIpc) is 3.08. The van der Waals surface area contributed by atoms with Crippen molar-refractivity contribution in [1.29, 1.82) is 0 Å². The van der Waals surface area contributed by atoms with Crippen LogP contribution in [0.2, 0.25) is 0 Å². The highest BCUT2D eigenvalue weighted by molar-refractivity contribution is 6.53. The average molecular weight is 377 g/mol. The van der Waals surface area contributed by atoms with Gasteiger partial charge in [-0.2, -0.15) is 4.98 Å². The lowest BCUT2D eigenvalue weighted by Crippen LogP contribution is -2.43. The summed E-state index contributed by atoms with van der Waals surface area (Å²) in [6.07, 6.45) is -1.28. The number of benzene rings is 1. The minimum absolute atomic E-state index is 0.153. The first kappa shape index (κ1) is 18.6. The third-order valence-corrected chi connectivity index (χ3v) is 3.62. The summed E-state index contributed by atoms with van der Waals surface area (Å²) in [5.74, 6) is -0.137. The zero-order valence-electron chi connectivity index (χ0n) is 12.3.